The van der Waals surface area contributed by atoms with Gasteiger partial charge in [0.05, 0.1) is 11.1 Å². The lowest BCUT2D eigenvalue weighted by Crippen LogP contribution is -2.27. The van der Waals surface area contributed by atoms with Crippen LogP contribution in [0.3, 0.4) is 0 Å². The smallest absolute Gasteiger partial charge is 0.138 e. The molecule has 1 saturated carbocycles. The molecule has 2 nitrogen and oxygen atoms in total. The largest absolute Gasteiger partial charge is 0.492 e. The summed E-state index contributed by atoms with van der Waals surface area (Å²) in [6.45, 7) is 8.27. The zero-order valence-corrected chi connectivity index (χ0v) is 15.6. The van der Waals surface area contributed by atoms with Gasteiger partial charge in [0.1, 0.15) is 5.75 Å². The van der Waals surface area contributed by atoms with Crippen LogP contribution in [0.1, 0.15) is 45.6 Å². The quantitative estimate of drug-likeness (QED) is 0.720. The molecular formula is C16H23Br2NO. The van der Waals surface area contributed by atoms with Crippen molar-refractivity contribution >= 4 is 31.9 Å². The Hall–Kier alpha value is -0.0600. The molecule has 1 aromatic rings. The zero-order chi connectivity index (χ0) is 14.8. The lowest BCUT2D eigenvalue weighted by Gasteiger charge is -2.19. The molecule has 0 bridgehead atoms. The second-order valence-corrected chi connectivity index (χ2v) is 8.06. The maximum Gasteiger partial charge on any atom is 0.138 e. The molecule has 0 aromatic heterocycles. The van der Waals surface area contributed by atoms with Gasteiger partial charge in [-0.3, -0.25) is 0 Å². The van der Waals surface area contributed by atoms with E-state index < -0.39 is 0 Å². The average molecular weight is 405 g/mol. The zero-order valence-electron chi connectivity index (χ0n) is 12.4. The highest BCUT2D eigenvalue weighted by molar-refractivity contribution is 9.11. The van der Waals surface area contributed by atoms with Crippen molar-refractivity contribution in [1.82, 2.24) is 5.32 Å². The van der Waals surface area contributed by atoms with Crippen LogP contribution in [-0.2, 0) is 6.54 Å². The van der Waals surface area contributed by atoms with Crippen LogP contribution in [-0.4, -0.2) is 12.6 Å². The molecule has 4 heteroatoms. The highest BCUT2D eigenvalue weighted by Crippen LogP contribution is 2.38. The standard InChI is InChI=1S/C16H23Br2NO/c1-4-20-15-11(7-12(17)8-14(15)18)10-19-13-5-6-16(2,3)9-13/h7-8,13,19H,4-6,9-10H2,1-3H3. The topological polar surface area (TPSA) is 21.3 Å². The Labute approximate surface area is 138 Å². The molecule has 112 valence electrons. The van der Waals surface area contributed by atoms with Crippen LogP contribution in [0.5, 0.6) is 5.75 Å². The molecule has 20 heavy (non-hydrogen) atoms. The molecule has 1 N–H and O–H groups in total. The predicted molar refractivity (Wildman–Crippen MR) is 91.3 cm³/mol. The van der Waals surface area contributed by atoms with E-state index in [0.29, 0.717) is 18.1 Å². The van der Waals surface area contributed by atoms with Crippen molar-refractivity contribution < 1.29 is 4.74 Å². The van der Waals surface area contributed by atoms with Gasteiger partial charge in [-0.25, -0.2) is 0 Å². The second kappa shape index (κ2) is 6.80. The number of rotatable bonds is 5. The third kappa shape index (κ3) is 4.22. The highest BCUT2D eigenvalue weighted by atomic mass is 79.9. The summed E-state index contributed by atoms with van der Waals surface area (Å²) in [6.07, 6.45) is 3.84. The monoisotopic (exact) mass is 403 g/mol. The third-order valence-corrected chi connectivity index (χ3v) is 4.97. The summed E-state index contributed by atoms with van der Waals surface area (Å²) < 4.78 is 7.86. The second-order valence-electron chi connectivity index (χ2n) is 6.29. The van der Waals surface area contributed by atoms with E-state index in [2.05, 4.69) is 57.1 Å². The minimum absolute atomic E-state index is 0.484. The van der Waals surface area contributed by atoms with E-state index >= 15 is 0 Å². The fourth-order valence-electron chi connectivity index (χ4n) is 2.92. The molecule has 2 rings (SSSR count). The first kappa shape index (κ1) is 16.3. The molecule has 1 unspecified atom stereocenters. The summed E-state index contributed by atoms with van der Waals surface area (Å²) in [5.74, 6) is 0.959. The Kier molecular flexibility index (Phi) is 5.55. The van der Waals surface area contributed by atoms with Crippen molar-refractivity contribution in [2.24, 2.45) is 5.41 Å². The average Bonchev–Trinajstić information content (AvgIpc) is 2.70. The van der Waals surface area contributed by atoms with Crippen molar-refractivity contribution in [2.75, 3.05) is 6.61 Å². The Morgan fingerprint density at radius 2 is 2.10 bits per heavy atom. The van der Waals surface area contributed by atoms with Crippen molar-refractivity contribution in [2.45, 2.75) is 52.6 Å². The maximum atomic E-state index is 5.77. The summed E-state index contributed by atoms with van der Waals surface area (Å²) in [5.41, 5.74) is 1.69. The summed E-state index contributed by atoms with van der Waals surface area (Å²) in [6, 6.07) is 4.80. The molecule has 0 radical (unpaired) electrons. The minimum atomic E-state index is 0.484. The Morgan fingerprint density at radius 3 is 2.70 bits per heavy atom. The highest BCUT2D eigenvalue weighted by Gasteiger charge is 2.30. The molecular weight excluding hydrogens is 382 g/mol. The minimum Gasteiger partial charge on any atom is -0.492 e. The lowest BCUT2D eigenvalue weighted by molar-refractivity contribution is 0.331. The van der Waals surface area contributed by atoms with Gasteiger partial charge in [-0.2, -0.15) is 0 Å². The first-order valence-corrected chi connectivity index (χ1v) is 8.84. The van der Waals surface area contributed by atoms with Crippen LogP contribution in [0, 0.1) is 5.41 Å². The number of hydrogen-bond donors (Lipinski definition) is 1. The van der Waals surface area contributed by atoms with Crippen LogP contribution in [0.2, 0.25) is 0 Å². The summed E-state index contributed by atoms with van der Waals surface area (Å²) >= 11 is 7.14. The van der Waals surface area contributed by atoms with Crippen molar-refractivity contribution in [1.29, 1.82) is 0 Å². The van der Waals surface area contributed by atoms with Crippen molar-refractivity contribution in [3.8, 4) is 5.75 Å². The van der Waals surface area contributed by atoms with Gasteiger partial charge >= 0.3 is 0 Å². The van der Waals surface area contributed by atoms with Crippen molar-refractivity contribution in [3.05, 3.63) is 26.6 Å². The number of halogens is 2. The summed E-state index contributed by atoms with van der Waals surface area (Å²) in [5, 5.41) is 3.69. The first-order valence-electron chi connectivity index (χ1n) is 7.25. The Balaban J connectivity index is 2.05. The van der Waals surface area contributed by atoms with Crippen molar-refractivity contribution in [3.63, 3.8) is 0 Å². The SMILES string of the molecule is CCOc1c(Br)cc(Br)cc1CNC1CCC(C)(C)C1. The van der Waals surface area contributed by atoms with Gasteiger partial charge in [0, 0.05) is 22.6 Å². The van der Waals surface area contributed by atoms with E-state index in [1.807, 2.05) is 13.0 Å². The molecule has 0 amide bonds. The van der Waals surface area contributed by atoms with E-state index in [1.165, 1.54) is 24.8 Å². The van der Waals surface area contributed by atoms with Gasteiger partial charge in [0.25, 0.3) is 0 Å². The number of hydrogen-bond acceptors (Lipinski definition) is 2. The number of ether oxygens (including phenoxy) is 1. The molecule has 1 fully saturated rings. The van der Waals surface area contributed by atoms with E-state index in [1.54, 1.807) is 0 Å². The van der Waals surface area contributed by atoms with E-state index in [9.17, 15) is 0 Å². The summed E-state index contributed by atoms with van der Waals surface area (Å²) in [7, 11) is 0. The van der Waals surface area contributed by atoms with Crippen LogP contribution < -0.4 is 10.1 Å². The van der Waals surface area contributed by atoms with Crippen LogP contribution in [0.15, 0.2) is 21.1 Å². The van der Waals surface area contributed by atoms with Gasteiger partial charge < -0.3 is 10.1 Å². The van der Waals surface area contributed by atoms with Gasteiger partial charge in [0.15, 0.2) is 0 Å². The van der Waals surface area contributed by atoms with Gasteiger partial charge in [0.2, 0.25) is 0 Å². The lowest BCUT2D eigenvalue weighted by atomic mass is 9.92. The predicted octanol–water partition coefficient (Wildman–Crippen LogP) is 5.28. The molecule has 1 aromatic carbocycles. The van der Waals surface area contributed by atoms with Crippen LogP contribution in [0.4, 0.5) is 0 Å². The molecule has 0 spiro atoms. The molecule has 1 aliphatic rings. The molecule has 1 atom stereocenters. The molecule has 1 aliphatic carbocycles. The Bertz CT molecular complexity index is 474. The molecule has 0 heterocycles. The maximum absolute atomic E-state index is 5.77. The van der Waals surface area contributed by atoms with E-state index in [4.69, 9.17) is 4.74 Å². The van der Waals surface area contributed by atoms with Crippen LogP contribution in [0.25, 0.3) is 0 Å². The van der Waals surface area contributed by atoms with Gasteiger partial charge in [-0.15, -0.1) is 0 Å². The fraction of sp³-hybridized carbons (Fsp3) is 0.625. The van der Waals surface area contributed by atoms with E-state index in [-0.39, 0.29) is 0 Å². The van der Waals surface area contributed by atoms with Crippen LogP contribution >= 0.6 is 31.9 Å². The third-order valence-electron chi connectivity index (χ3n) is 3.92. The number of nitrogens with one attached hydrogen (secondary N) is 1. The number of benzene rings is 1. The fourth-order valence-corrected chi connectivity index (χ4v) is 4.34. The van der Waals surface area contributed by atoms with Gasteiger partial charge in [-0.1, -0.05) is 29.8 Å². The molecule has 0 saturated heterocycles. The molecule has 0 aliphatic heterocycles. The first-order chi connectivity index (χ1) is 9.41. The normalized spacial score (nSPS) is 21.1. The van der Waals surface area contributed by atoms with Gasteiger partial charge in [-0.05, 0) is 59.7 Å². The van der Waals surface area contributed by atoms with E-state index in [0.717, 1.165) is 21.2 Å². The Morgan fingerprint density at radius 1 is 1.35 bits per heavy atom. The summed E-state index contributed by atoms with van der Waals surface area (Å²) in [4.78, 5) is 0.